The molecule has 1 amide bonds. The SMILES string of the molecule is N#Cc1ccc(OC2(C(=O)Nc3cnc(C4CCN(CCN5CCC(CS(=O)(=O)C6CCN(c7cc(C(F)(F)F)ccn7)CC6)C5)CC4)cn3)CCCCC2)cc1Cl. The molecule has 17 heteroatoms. The number of halogens is 4. The minimum atomic E-state index is -4.46. The Morgan fingerprint density at radius 1 is 0.931 bits per heavy atom. The number of benzene rings is 1. The first-order valence-corrected chi connectivity index (χ1v) is 22.4. The lowest BCUT2D eigenvalue weighted by Crippen LogP contribution is -2.49. The number of amides is 1. The lowest BCUT2D eigenvalue weighted by atomic mass is 9.83. The molecule has 312 valence electrons. The van der Waals surface area contributed by atoms with Crippen LogP contribution in [0.25, 0.3) is 0 Å². The Balaban J connectivity index is 0.824. The van der Waals surface area contributed by atoms with Gasteiger partial charge in [0, 0.05) is 50.9 Å². The van der Waals surface area contributed by atoms with Crippen LogP contribution < -0.4 is 15.0 Å². The van der Waals surface area contributed by atoms with E-state index in [9.17, 15) is 31.6 Å². The van der Waals surface area contributed by atoms with Crippen LogP contribution in [0.15, 0.2) is 48.9 Å². The van der Waals surface area contributed by atoms with E-state index in [1.807, 2.05) is 6.07 Å². The topological polar surface area (TPSA) is 145 Å². The number of hydrogen-bond acceptors (Lipinski definition) is 11. The molecule has 2 aromatic heterocycles. The molecule has 4 fully saturated rings. The summed E-state index contributed by atoms with van der Waals surface area (Å²) in [6, 6.07) is 8.85. The molecular formula is C41H50ClF3N8O4S. The molecule has 1 aliphatic carbocycles. The fraction of sp³-hybridized carbons (Fsp3) is 0.585. The van der Waals surface area contributed by atoms with Gasteiger partial charge in [0.05, 0.1) is 45.2 Å². The quantitative estimate of drug-likeness (QED) is 0.208. The minimum absolute atomic E-state index is 0.0765. The number of carbonyl (C=O) groups excluding carboxylic acids is 1. The first-order chi connectivity index (χ1) is 27.8. The van der Waals surface area contributed by atoms with Gasteiger partial charge in [-0.25, -0.2) is 18.4 Å². The Morgan fingerprint density at radius 2 is 1.66 bits per heavy atom. The molecule has 0 radical (unpaired) electrons. The van der Waals surface area contributed by atoms with E-state index in [4.69, 9.17) is 16.3 Å². The number of ether oxygens (including phenoxy) is 1. The summed E-state index contributed by atoms with van der Waals surface area (Å²) < 4.78 is 72.7. The number of carbonyl (C=O) groups is 1. The number of nitrogens with one attached hydrogen (secondary N) is 1. The molecule has 3 saturated heterocycles. The number of rotatable bonds is 12. The smallest absolute Gasteiger partial charge is 0.416 e. The van der Waals surface area contributed by atoms with E-state index in [2.05, 4.69) is 30.1 Å². The van der Waals surface area contributed by atoms with E-state index in [-0.39, 0.29) is 34.3 Å². The van der Waals surface area contributed by atoms with Gasteiger partial charge in [0.2, 0.25) is 0 Å². The van der Waals surface area contributed by atoms with Gasteiger partial charge < -0.3 is 24.8 Å². The second kappa shape index (κ2) is 18.1. The van der Waals surface area contributed by atoms with Crippen LogP contribution in [0.3, 0.4) is 0 Å². The number of likely N-dealkylation sites (tertiary alicyclic amines) is 2. The van der Waals surface area contributed by atoms with Crippen molar-refractivity contribution in [1.29, 1.82) is 5.26 Å². The van der Waals surface area contributed by atoms with Gasteiger partial charge in [-0.15, -0.1) is 0 Å². The lowest BCUT2D eigenvalue weighted by Gasteiger charge is -2.36. The van der Waals surface area contributed by atoms with Gasteiger partial charge >= 0.3 is 6.18 Å². The molecule has 0 spiro atoms. The number of nitrogens with zero attached hydrogens (tertiary/aromatic N) is 7. The van der Waals surface area contributed by atoms with E-state index in [1.165, 1.54) is 0 Å². The van der Waals surface area contributed by atoms with Crippen LogP contribution in [0.5, 0.6) is 5.75 Å². The van der Waals surface area contributed by atoms with Crippen molar-refractivity contribution in [3.05, 3.63) is 70.8 Å². The molecule has 4 aliphatic rings. The number of sulfone groups is 1. The molecule has 5 heterocycles. The molecule has 3 aromatic rings. The normalized spacial score (nSPS) is 21.4. The molecule has 1 N–H and O–H groups in total. The predicted octanol–water partition coefficient (Wildman–Crippen LogP) is 6.72. The second-order valence-electron chi connectivity index (χ2n) is 16.2. The van der Waals surface area contributed by atoms with Crippen LogP contribution in [0.2, 0.25) is 5.02 Å². The first-order valence-electron chi connectivity index (χ1n) is 20.3. The monoisotopic (exact) mass is 842 g/mol. The molecule has 1 saturated carbocycles. The standard InChI is InChI=1S/C41H50ClF3N8O4S/c42-35-23-33(5-4-31(35)24-46)57-40(12-2-1-3-13-40)39(54)50-37-26-48-36(25-49-37)30-8-16-51(17-9-30)20-21-52-15-7-29(27-52)28-58(55,56)34-10-18-53(19-11-34)38-22-32(6-14-47-38)41(43,44)45/h4-6,14,22-23,25-26,29-30,34H,1-3,7-13,15-21,27-28H2,(H,49,50,54). The number of nitriles is 1. The highest BCUT2D eigenvalue weighted by atomic mass is 35.5. The molecule has 3 aliphatic heterocycles. The van der Waals surface area contributed by atoms with Crippen molar-refractivity contribution < 1.29 is 31.1 Å². The third-order valence-electron chi connectivity index (χ3n) is 12.3. The van der Waals surface area contributed by atoms with Gasteiger partial charge in [0.1, 0.15) is 17.6 Å². The Kier molecular flexibility index (Phi) is 13.1. The maximum atomic E-state index is 13.7. The summed E-state index contributed by atoms with van der Waals surface area (Å²) in [7, 11) is -3.34. The predicted molar refractivity (Wildman–Crippen MR) is 214 cm³/mol. The van der Waals surface area contributed by atoms with E-state index >= 15 is 0 Å². The summed E-state index contributed by atoms with van der Waals surface area (Å²) in [4.78, 5) is 33.5. The average molecular weight is 843 g/mol. The molecule has 1 unspecified atom stereocenters. The van der Waals surface area contributed by atoms with E-state index < -0.39 is 32.4 Å². The fourth-order valence-corrected chi connectivity index (χ4v) is 11.2. The molecule has 1 atom stereocenters. The second-order valence-corrected chi connectivity index (χ2v) is 18.9. The largest absolute Gasteiger partial charge is 0.477 e. The zero-order valence-electron chi connectivity index (χ0n) is 32.5. The molecule has 0 bridgehead atoms. The molecule has 12 nitrogen and oxygen atoms in total. The van der Waals surface area contributed by atoms with Crippen molar-refractivity contribution in [3.8, 4) is 11.8 Å². The van der Waals surface area contributed by atoms with E-state index in [1.54, 1.807) is 35.5 Å². The number of aromatic nitrogens is 3. The van der Waals surface area contributed by atoms with Gasteiger partial charge in [0.15, 0.2) is 21.3 Å². The minimum Gasteiger partial charge on any atom is -0.477 e. The maximum absolute atomic E-state index is 13.7. The third-order valence-corrected chi connectivity index (χ3v) is 15.0. The van der Waals surface area contributed by atoms with Crippen LogP contribution in [0, 0.1) is 17.2 Å². The van der Waals surface area contributed by atoms with Crippen molar-refractivity contribution in [2.75, 3.05) is 68.3 Å². The van der Waals surface area contributed by atoms with Crippen molar-refractivity contribution in [2.45, 2.75) is 87.2 Å². The van der Waals surface area contributed by atoms with Crippen molar-refractivity contribution >= 4 is 39.0 Å². The average Bonchev–Trinajstić information content (AvgIpc) is 3.67. The van der Waals surface area contributed by atoms with Gasteiger partial charge in [-0.1, -0.05) is 18.0 Å². The zero-order chi connectivity index (χ0) is 40.9. The Morgan fingerprint density at radius 3 is 2.33 bits per heavy atom. The van der Waals surface area contributed by atoms with Crippen LogP contribution in [-0.4, -0.2) is 108 Å². The number of hydrogen-bond donors (Lipinski definition) is 1. The highest BCUT2D eigenvalue weighted by Crippen LogP contribution is 2.36. The number of alkyl halides is 3. The summed E-state index contributed by atoms with van der Waals surface area (Å²) in [5, 5.41) is 11.9. The van der Waals surface area contributed by atoms with Gasteiger partial charge in [-0.05, 0) is 108 Å². The number of pyridine rings is 1. The fourth-order valence-electron chi connectivity index (χ4n) is 8.88. The first kappa shape index (κ1) is 42.1. The summed E-state index contributed by atoms with van der Waals surface area (Å²) in [5.74, 6) is 1.25. The molecule has 1 aromatic carbocycles. The Labute approximate surface area is 343 Å². The van der Waals surface area contributed by atoms with E-state index in [0.29, 0.717) is 55.9 Å². The zero-order valence-corrected chi connectivity index (χ0v) is 34.0. The van der Waals surface area contributed by atoms with Gasteiger partial charge in [-0.3, -0.25) is 9.78 Å². The summed E-state index contributed by atoms with van der Waals surface area (Å²) in [6.45, 7) is 5.96. The summed E-state index contributed by atoms with van der Waals surface area (Å²) in [5.41, 5.74) is -0.588. The number of piperidine rings is 2. The van der Waals surface area contributed by atoms with Crippen LogP contribution in [-0.2, 0) is 20.8 Å². The van der Waals surface area contributed by atoms with Gasteiger partial charge in [0.25, 0.3) is 5.91 Å². The Hall–Kier alpha value is -4.04. The number of anilines is 2. The van der Waals surface area contributed by atoms with Gasteiger partial charge in [-0.2, -0.15) is 18.4 Å². The lowest BCUT2D eigenvalue weighted by molar-refractivity contribution is -0.137. The van der Waals surface area contributed by atoms with Crippen molar-refractivity contribution in [3.63, 3.8) is 0 Å². The molecular weight excluding hydrogens is 793 g/mol. The van der Waals surface area contributed by atoms with E-state index in [0.717, 1.165) is 102 Å². The highest BCUT2D eigenvalue weighted by Gasteiger charge is 2.43. The summed E-state index contributed by atoms with van der Waals surface area (Å²) in [6.07, 6.45) is 7.36. The van der Waals surface area contributed by atoms with Crippen LogP contribution >= 0.6 is 11.6 Å². The summed E-state index contributed by atoms with van der Waals surface area (Å²) >= 11 is 6.24. The third kappa shape index (κ3) is 10.2. The highest BCUT2D eigenvalue weighted by molar-refractivity contribution is 7.92. The maximum Gasteiger partial charge on any atom is 0.416 e. The molecule has 7 rings (SSSR count). The van der Waals surface area contributed by atoms with Crippen molar-refractivity contribution in [2.24, 2.45) is 5.92 Å². The Bertz CT molecular complexity index is 2050. The molecule has 58 heavy (non-hydrogen) atoms. The van der Waals surface area contributed by atoms with Crippen molar-refractivity contribution in [1.82, 2.24) is 24.8 Å². The van der Waals surface area contributed by atoms with Crippen LogP contribution in [0.4, 0.5) is 24.8 Å². The van der Waals surface area contributed by atoms with Crippen LogP contribution in [0.1, 0.15) is 86.9 Å².